The monoisotopic (exact) mass is 423 g/mol. The molecule has 2 N–H and O–H groups in total. The van der Waals surface area contributed by atoms with Gasteiger partial charge in [0.2, 0.25) is 0 Å². The maximum Gasteiger partial charge on any atom is 0.252 e. The van der Waals surface area contributed by atoms with Crippen LogP contribution in [0.15, 0.2) is 22.7 Å². The van der Waals surface area contributed by atoms with Crippen molar-refractivity contribution < 1.29 is 9.90 Å². The lowest BCUT2D eigenvalue weighted by molar-refractivity contribution is 0.0916. The Morgan fingerprint density at radius 1 is 1.50 bits per heavy atom. The molecule has 1 aromatic rings. The maximum atomic E-state index is 12.1. The number of carbonyl (C=O) groups excluding carboxylic acids is 1. The molecule has 1 aliphatic carbocycles. The SMILES string of the molecule is O=C(NCC1CCCC1O)c1cc(I)ccc1Br. The number of hydrogen-bond donors (Lipinski definition) is 2. The lowest BCUT2D eigenvalue weighted by Gasteiger charge is -2.15. The second-order valence-corrected chi connectivity index (χ2v) is 6.69. The van der Waals surface area contributed by atoms with Crippen molar-refractivity contribution in [2.75, 3.05) is 6.54 Å². The number of carbonyl (C=O) groups is 1. The van der Waals surface area contributed by atoms with Crippen molar-refractivity contribution in [2.24, 2.45) is 5.92 Å². The van der Waals surface area contributed by atoms with Crippen molar-refractivity contribution >= 4 is 44.4 Å². The molecular formula is C13H15BrINO2. The molecule has 1 fully saturated rings. The second-order valence-electron chi connectivity index (χ2n) is 4.59. The summed E-state index contributed by atoms with van der Waals surface area (Å²) in [6, 6.07) is 5.67. The van der Waals surface area contributed by atoms with Crippen LogP contribution in [0.3, 0.4) is 0 Å². The lowest BCUT2D eigenvalue weighted by Crippen LogP contribution is -2.32. The molecule has 0 saturated heterocycles. The first kappa shape index (κ1) is 14.3. The van der Waals surface area contributed by atoms with E-state index in [-0.39, 0.29) is 17.9 Å². The molecule has 0 spiro atoms. The third kappa shape index (κ3) is 3.45. The number of nitrogens with one attached hydrogen (secondary N) is 1. The summed E-state index contributed by atoms with van der Waals surface area (Å²) < 4.78 is 1.83. The molecule has 18 heavy (non-hydrogen) atoms. The molecule has 0 aliphatic heterocycles. The minimum absolute atomic E-state index is 0.0838. The van der Waals surface area contributed by atoms with E-state index in [0.29, 0.717) is 12.1 Å². The molecule has 0 radical (unpaired) electrons. The Morgan fingerprint density at radius 3 is 2.94 bits per heavy atom. The number of rotatable bonds is 3. The first-order valence-electron chi connectivity index (χ1n) is 5.99. The average Bonchev–Trinajstić information content (AvgIpc) is 2.75. The zero-order valence-electron chi connectivity index (χ0n) is 9.83. The van der Waals surface area contributed by atoms with Crippen LogP contribution in [0, 0.1) is 9.49 Å². The summed E-state index contributed by atoms with van der Waals surface area (Å²) >= 11 is 5.57. The molecule has 2 unspecified atom stereocenters. The Balaban J connectivity index is 1.97. The average molecular weight is 424 g/mol. The summed E-state index contributed by atoms with van der Waals surface area (Å²) in [4.78, 5) is 12.1. The van der Waals surface area contributed by atoms with E-state index < -0.39 is 0 Å². The van der Waals surface area contributed by atoms with Crippen molar-refractivity contribution in [1.29, 1.82) is 0 Å². The van der Waals surface area contributed by atoms with Gasteiger partial charge >= 0.3 is 0 Å². The van der Waals surface area contributed by atoms with Crippen molar-refractivity contribution in [2.45, 2.75) is 25.4 Å². The van der Waals surface area contributed by atoms with Gasteiger partial charge in [0.15, 0.2) is 0 Å². The smallest absolute Gasteiger partial charge is 0.252 e. The summed E-state index contributed by atoms with van der Waals surface area (Å²) in [6.07, 6.45) is 2.64. The predicted octanol–water partition coefficient (Wildman–Crippen LogP) is 2.94. The molecule has 0 bridgehead atoms. The summed E-state index contributed by atoms with van der Waals surface area (Å²) in [6.45, 7) is 0.553. The topological polar surface area (TPSA) is 49.3 Å². The Bertz CT molecular complexity index is 453. The first-order valence-corrected chi connectivity index (χ1v) is 7.86. The highest BCUT2D eigenvalue weighted by molar-refractivity contribution is 14.1. The van der Waals surface area contributed by atoms with Crippen LogP contribution in [-0.4, -0.2) is 23.7 Å². The van der Waals surface area contributed by atoms with Gasteiger partial charge < -0.3 is 10.4 Å². The molecule has 5 heteroatoms. The van der Waals surface area contributed by atoms with Gasteiger partial charge in [-0.2, -0.15) is 0 Å². The molecule has 1 aliphatic rings. The summed E-state index contributed by atoms with van der Waals surface area (Å²) in [5, 5.41) is 12.6. The van der Waals surface area contributed by atoms with Gasteiger partial charge in [-0.05, 0) is 69.6 Å². The van der Waals surface area contributed by atoms with Crippen molar-refractivity contribution in [3.8, 4) is 0 Å². The van der Waals surface area contributed by atoms with Crippen LogP contribution in [0.4, 0.5) is 0 Å². The molecule has 0 aromatic heterocycles. The summed E-state index contributed by atoms with van der Waals surface area (Å²) in [5.41, 5.74) is 0.648. The van der Waals surface area contributed by atoms with E-state index in [1.165, 1.54) is 0 Å². The Hall–Kier alpha value is -0.140. The molecule has 2 rings (SSSR count). The number of aliphatic hydroxyl groups is 1. The molecule has 1 amide bonds. The van der Waals surface area contributed by atoms with Gasteiger partial charge in [0.05, 0.1) is 11.7 Å². The van der Waals surface area contributed by atoms with Crippen LogP contribution < -0.4 is 5.32 Å². The van der Waals surface area contributed by atoms with Crippen LogP contribution in [0.25, 0.3) is 0 Å². The Morgan fingerprint density at radius 2 is 2.28 bits per heavy atom. The number of amides is 1. The predicted molar refractivity (Wildman–Crippen MR) is 82.5 cm³/mol. The highest BCUT2D eigenvalue weighted by atomic mass is 127. The van der Waals surface area contributed by atoms with Gasteiger partial charge in [0.1, 0.15) is 0 Å². The zero-order valence-corrected chi connectivity index (χ0v) is 13.6. The van der Waals surface area contributed by atoms with Crippen LogP contribution in [0.5, 0.6) is 0 Å². The van der Waals surface area contributed by atoms with E-state index in [1.807, 2.05) is 18.2 Å². The van der Waals surface area contributed by atoms with Crippen LogP contribution in [0.2, 0.25) is 0 Å². The lowest BCUT2D eigenvalue weighted by atomic mass is 10.1. The maximum absolute atomic E-state index is 12.1. The molecule has 2 atom stereocenters. The summed E-state index contributed by atoms with van der Waals surface area (Å²) in [7, 11) is 0. The number of hydrogen-bond acceptors (Lipinski definition) is 2. The van der Waals surface area contributed by atoms with Gasteiger partial charge in [-0.1, -0.05) is 6.42 Å². The van der Waals surface area contributed by atoms with E-state index in [1.54, 1.807) is 0 Å². The fourth-order valence-electron chi connectivity index (χ4n) is 2.25. The standard InChI is InChI=1S/C13H15BrINO2/c14-11-5-4-9(15)6-10(11)13(18)16-7-8-2-1-3-12(8)17/h4-6,8,12,17H,1-3,7H2,(H,16,18). The normalized spacial score (nSPS) is 23.1. The van der Waals surface area contributed by atoms with Crippen LogP contribution >= 0.6 is 38.5 Å². The molecule has 0 heterocycles. The molecule has 1 saturated carbocycles. The molecule has 3 nitrogen and oxygen atoms in total. The first-order chi connectivity index (χ1) is 8.58. The largest absolute Gasteiger partial charge is 0.393 e. The van der Waals surface area contributed by atoms with Crippen LogP contribution in [-0.2, 0) is 0 Å². The Labute approximate surface area is 129 Å². The molecule has 1 aromatic carbocycles. The fourth-order valence-corrected chi connectivity index (χ4v) is 3.16. The fraction of sp³-hybridized carbons (Fsp3) is 0.462. The third-order valence-corrected chi connectivity index (χ3v) is 4.68. The quantitative estimate of drug-likeness (QED) is 0.734. The highest BCUT2D eigenvalue weighted by Crippen LogP contribution is 2.25. The van der Waals surface area contributed by atoms with E-state index in [9.17, 15) is 9.90 Å². The molecular weight excluding hydrogens is 409 g/mol. The number of aliphatic hydroxyl groups excluding tert-OH is 1. The third-order valence-electron chi connectivity index (χ3n) is 3.32. The van der Waals surface area contributed by atoms with Crippen LogP contribution in [0.1, 0.15) is 29.6 Å². The van der Waals surface area contributed by atoms with Crippen molar-refractivity contribution in [3.05, 3.63) is 31.8 Å². The van der Waals surface area contributed by atoms with Gasteiger partial charge in [-0.15, -0.1) is 0 Å². The Kier molecular flexibility index (Phi) is 5.03. The van der Waals surface area contributed by atoms with E-state index >= 15 is 0 Å². The van der Waals surface area contributed by atoms with Crippen molar-refractivity contribution in [3.63, 3.8) is 0 Å². The van der Waals surface area contributed by atoms with Gasteiger partial charge in [0.25, 0.3) is 5.91 Å². The van der Waals surface area contributed by atoms with E-state index in [4.69, 9.17) is 0 Å². The minimum Gasteiger partial charge on any atom is -0.393 e. The van der Waals surface area contributed by atoms with E-state index in [0.717, 1.165) is 27.3 Å². The minimum atomic E-state index is -0.260. The van der Waals surface area contributed by atoms with Gasteiger partial charge in [-0.25, -0.2) is 0 Å². The highest BCUT2D eigenvalue weighted by Gasteiger charge is 2.25. The van der Waals surface area contributed by atoms with Crippen molar-refractivity contribution in [1.82, 2.24) is 5.32 Å². The number of benzene rings is 1. The summed E-state index contributed by atoms with van der Waals surface area (Å²) in [5.74, 6) is 0.120. The zero-order chi connectivity index (χ0) is 13.1. The van der Waals surface area contributed by atoms with Gasteiger partial charge in [-0.3, -0.25) is 4.79 Å². The van der Waals surface area contributed by atoms with Gasteiger partial charge in [0, 0.05) is 20.5 Å². The number of halogens is 2. The second kappa shape index (κ2) is 6.34. The molecule has 98 valence electrons. The van der Waals surface area contributed by atoms with E-state index in [2.05, 4.69) is 43.8 Å².